The number of nitriles is 1. The zero-order valence-corrected chi connectivity index (χ0v) is 12.0. The van der Waals surface area contributed by atoms with Gasteiger partial charge in [0, 0.05) is 10.6 Å². The summed E-state index contributed by atoms with van der Waals surface area (Å²) in [5.41, 5.74) is 1.57. The molecule has 0 N–H and O–H groups in total. The van der Waals surface area contributed by atoms with Crippen molar-refractivity contribution in [3.05, 3.63) is 29.8 Å². The van der Waals surface area contributed by atoms with E-state index in [1.165, 1.54) is 10.5 Å². The van der Waals surface area contributed by atoms with Crippen LogP contribution >= 0.6 is 11.8 Å². The topological polar surface area (TPSA) is 23.8 Å². The normalized spacial score (nSPS) is 13.1. The van der Waals surface area contributed by atoms with E-state index < -0.39 is 0 Å². The highest BCUT2D eigenvalue weighted by Gasteiger charge is 2.13. The molecule has 0 aliphatic rings. The van der Waals surface area contributed by atoms with Crippen LogP contribution in [0.1, 0.15) is 39.7 Å². The third-order valence-corrected chi connectivity index (χ3v) is 4.02. The number of hydrogen-bond acceptors (Lipinski definition) is 2. The fourth-order valence-corrected chi connectivity index (χ4v) is 2.53. The Labute approximate surface area is 109 Å². The lowest BCUT2D eigenvalue weighted by atomic mass is 9.87. The molecule has 1 aromatic rings. The molecule has 0 aliphatic carbocycles. The van der Waals surface area contributed by atoms with Crippen LogP contribution in [0.25, 0.3) is 0 Å². The summed E-state index contributed by atoms with van der Waals surface area (Å²) in [7, 11) is 0. The van der Waals surface area contributed by atoms with Gasteiger partial charge >= 0.3 is 0 Å². The predicted octanol–water partition coefficient (Wildman–Crippen LogP) is 4.63. The van der Waals surface area contributed by atoms with E-state index in [1.807, 2.05) is 0 Å². The first kappa shape index (κ1) is 14.1. The quantitative estimate of drug-likeness (QED) is 0.724. The second-order valence-electron chi connectivity index (χ2n) is 5.32. The van der Waals surface area contributed by atoms with Crippen LogP contribution in [0.2, 0.25) is 0 Å². The molecule has 92 valence electrons. The van der Waals surface area contributed by atoms with E-state index in [4.69, 9.17) is 5.26 Å². The third-order valence-electron chi connectivity index (χ3n) is 2.85. The second-order valence-corrected chi connectivity index (χ2v) is 6.41. The molecule has 0 fully saturated rings. The Morgan fingerprint density at radius 2 is 1.82 bits per heavy atom. The van der Waals surface area contributed by atoms with Crippen LogP contribution < -0.4 is 0 Å². The van der Waals surface area contributed by atoms with Gasteiger partial charge in [0.25, 0.3) is 0 Å². The maximum absolute atomic E-state index is 8.89. The average molecular weight is 247 g/mol. The molecule has 0 aromatic heterocycles. The summed E-state index contributed by atoms with van der Waals surface area (Å²) >= 11 is 1.77. The minimum atomic E-state index is 0.169. The summed E-state index contributed by atoms with van der Waals surface area (Å²) in [6.45, 7) is 8.73. The molecule has 17 heavy (non-hydrogen) atoms. The number of hydrogen-bond donors (Lipinski definition) is 0. The fourth-order valence-electron chi connectivity index (χ4n) is 1.49. The molecule has 0 amide bonds. The zero-order chi connectivity index (χ0) is 12.9. The Bertz CT molecular complexity index is 381. The van der Waals surface area contributed by atoms with Crippen LogP contribution in [-0.4, -0.2) is 5.75 Å². The van der Waals surface area contributed by atoms with Gasteiger partial charge in [0.1, 0.15) is 0 Å². The van der Waals surface area contributed by atoms with Gasteiger partial charge in [-0.25, -0.2) is 0 Å². The van der Waals surface area contributed by atoms with Crippen molar-refractivity contribution in [1.82, 2.24) is 0 Å². The molecule has 1 rings (SSSR count). The zero-order valence-electron chi connectivity index (χ0n) is 11.2. The average Bonchev–Trinajstić information content (AvgIpc) is 2.30. The van der Waals surface area contributed by atoms with Crippen LogP contribution in [-0.2, 0) is 5.41 Å². The largest absolute Gasteiger partial charge is 0.198 e. The molecule has 2 heteroatoms. The first-order valence-corrected chi connectivity index (χ1v) is 7.09. The Balaban J connectivity index is 2.61. The van der Waals surface area contributed by atoms with Crippen molar-refractivity contribution >= 4 is 11.8 Å². The van der Waals surface area contributed by atoms with Gasteiger partial charge in [-0.15, -0.1) is 11.8 Å². The summed E-state index contributed by atoms with van der Waals surface area (Å²) in [5.74, 6) is 1.06. The summed E-state index contributed by atoms with van der Waals surface area (Å²) in [5, 5.41) is 8.89. The molecular weight excluding hydrogens is 226 g/mol. The smallest absolute Gasteiger partial charge is 0.0664 e. The van der Waals surface area contributed by atoms with Crippen molar-refractivity contribution in [2.75, 3.05) is 5.75 Å². The lowest BCUT2D eigenvalue weighted by Crippen LogP contribution is -2.10. The van der Waals surface area contributed by atoms with Gasteiger partial charge in [-0.3, -0.25) is 0 Å². The standard InChI is InChI=1S/C15H21NS/c1-5-12(10-16)11-17-14-8-6-13(7-9-14)15(2,3)4/h6-9,12H,5,11H2,1-4H3. The Morgan fingerprint density at radius 1 is 1.24 bits per heavy atom. The summed E-state index contributed by atoms with van der Waals surface area (Å²) in [6.07, 6.45) is 0.934. The van der Waals surface area contributed by atoms with E-state index in [0.717, 1.165) is 12.2 Å². The lowest BCUT2D eigenvalue weighted by Gasteiger charge is -2.19. The van der Waals surface area contributed by atoms with Crippen molar-refractivity contribution in [3.63, 3.8) is 0 Å². The van der Waals surface area contributed by atoms with Gasteiger partial charge < -0.3 is 0 Å². The molecule has 1 nitrogen and oxygen atoms in total. The van der Waals surface area contributed by atoms with Gasteiger partial charge in [0.05, 0.1) is 12.0 Å². The molecule has 0 spiro atoms. The van der Waals surface area contributed by atoms with Gasteiger partial charge in [0.2, 0.25) is 0 Å². The highest BCUT2D eigenvalue weighted by atomic mass is 32.2. The van der Waals surface area contributed by atoms with Gasteiger partial charge in [0.15, 0.2) is 0 Å². The van der Waals surface area contributed by atoms with Crippen molar-refractivity contribution < 1.29 is 0 Å². The number of benzene rings is 1. The highest BCUT2D eigenvalue weighted by Crippen LogP contribution is 2.26. The third kappa shape index (κ3) is 4.44. The Kier molecular flexibility index (Phi) is 5.08. The summed E-state index contributed by atoms with van der Waals surface area (Å²) in [6, 6.07) is 11.0. The second kappa shape index (κ2) is 6.12. The number of thioether (sulfide) groups is 1. The van der Waals surface area contributed by atoms with E-state index in [2.05, 4.69) is 58.0 Å². The van der Waals surface area contributed by atoms with Crippen molar-refractivity contribution in [1.29, 1.82) is 5.26 Å². The van der Waals surface area contributed by atoms with E-state index >= 15 is 0 Å². The van der Waals surface area contributed by atoms with Gasteiger partial charge in [-0.1, -0.05) is 39.8 Å². The van der Waals surface area contributed by atoms with Crippen molar-refractivity contribution in [2.45, 2.75) is 44.4 Å². The number of nitrogens with zero attached hydrogens (tertiary/aromatic N) is 1. The van der Waals surface area contributed by atoms with Crippen molar-refractivity contribution in [3.8, 4) is 6.07 Å². The maximum Gasteiger partial charge on any atom is 0.0664 e. The molecule has 0 saturated heterocycles. The van der Waals surface area contributed by atoms with Gasteiger partial charge in [-0.05, 0) is 29.5 Å². The molecule has 1 aromatic carbocycles. The Hall–Kier alpha value is -0.940. The van der Waals surface area contributed by atoms with E-state index in [1.54, 1.807) is 11.8 Å². The number of rotatable bonds is 4. The molecular formula is C15H21NS. The van der Waals surface area contributed by atoms with Crippen LogP contribution in [0.15, 0.2) is 29.2 Å². The Morgan fingerprint density at radius 3 is 2.24 bits per heavy atom. The molecule has 0 heterocycles. The van der Waals surface area contributed by atoms with Crippen LogP contribution in [0.5, 0.6) is 0 Å². The van der Waals surface area contributed by atoms with E-state index in [0.29, 0.717) is 0 Å². The minimum absolute atomic E-state index is 0.169. The van der Waals surface area contributed by atoms with Crippen LogP contribution in [0.4, 0.5) is 0 Å². The molecule has 0 aliphatic heterocycles. The van der Waals surface area contributed by atoms with E-state index in [-0.39, 0.29) is 11.3 Å². The SMILES string of the molecule is CCC(C#N)CSc1ccc(C(C)(C)C)cc1. The first-order valence-electron chi connectivity index (χ1n) is 6.10. The first-order chi connectivity index (χ1) is 7.97. The molecule has 0 radical (unpaired) electrons. The minimum Gasteiger partial charge on any atom is -0.198 e. The van der Waals surface area contributed by atoms with Gasteiger partial charge in [-0.2, -0.15) is 5.26 Å². The predicted molar refractivity (Wildman–Crippen MR) is 75.3 cm³/mol. The monoisotopic (exact) mass is 247 g/mol. The summed E-state index contributed by atoms with van der Waals surface area (Å²) < 4.78 is 0. The highest BCUT2D eigenvalue weighted by molar-refractivity contribution is 7.99. The molecule has 0 saturated carbocycles. The van der Waals surface area contributed by atoms with Crippen LogP contribution in [0, 0.1) is 17.2 Å². The van der Waals surface area contributed by atoms with Crippen molar-refractivity contribution in [2.24, 2.45) is 5.92 Å². The molecule has 1 atom stereocenters. The van der Waals surface area contributed by atoms with E-state index in [9.17, 15) is 0 Å². The maximum atomic E-state index is 8.89. The fraction of sp³-hybridized carbons (Fsp3) is 0.533. The molecule has 1 unspecified atom stereocenters. The summed E-state index contributed by atoms with van der Waals surface area (Å²) in [4.78, 5) is 1.26. The lowest BCUT2D eigenvalue weighted by molar-refractivity contribution is 0.590. The van der Waals surface area contributed by atoms with Crippen LogP contribution in [0.3, 0.4) is 0 Å². The molecule has 0 bridgehead atoms.